The van der Waals surface area contributed by atoms with Gasteiger partial charge in [0.2, 0.25) is 0 Å². The third-order valence-corrected chi connectivity index (χ3v) is 4.01. The van der Waals surface area contributed by atoms with Gasteiger partial charge in [-0.25, -0.2) is 14.8 Å². The van der Waals surface area contributed by atoms with Gasteiger partial charge >= 0.3 is 0 Å². The Bertz CT molecular complexity index is 1100. The zero-order valence-electron chi connectivity index (χ0n) is 14.8. The molecule has 5 nitrogen and oxygen atoms in total. The molecular formula is C22H16FN5. The number of nitrogens with one attached hydrogen (secondary N) is 1. The van der Waals surface area contributed by atoms with Gasteiger partial charge in [0, 0.05) is 11.1 Å². The van der Waals surface area contributed by atoms with Gasteiger partial charge in [0.1, 0.15) is 17.2 Å². The van der Waals surface area contributed by atoms with Crippen molar-refractivity contribution in [2.24, 2.45) is 5.10 Å². The predicted octanol–water partition coefficient (Wildman–Crippen LogP) is 4.79. The fraction of sp³-hybridized carbons (Fsp3) is 0. The second kappa shape index (κ2) is 8.18. The van der Waals surface area contributed by atoms with Crippen molar-refractivity contribution in [1.29, 1.82) is 0 Å². The monoisotopic (exact) mass is 369 g/mol. The quantitative estimate of drug-likeness (QED) is 0.406. The highest BCUT2D eigenvalue weighted by Crippen LogP contribution is 2.28. The van der Waals surface area contributed by atoms with E-state index in [-0.39, 0.29) is 11.8 Å². The van der Waals surface area contributed by atoms with Crippen LogP contribution >= 0.6 is 0 Å². The predicted molar refractivity (Wildman–Crippen MR) is 108 cm³/mol. The molecule has 0 fully saturated rings. The van der Waals surface area contributed by atoms with Crippen LogP contribution in [0.5, 0.6) is 0 Å². The number of hydrogen-bond donors (Lipinski definition) is 1. The van der Waals surface area contributed by atoms with E-state index in [0.717, 1.165) is 11.1 Å². The van der Waals surface area contributed by atoms with Crippen molar-refractivity contribution in [1.82, 2.24) is 15.2 Å². The molecule has 0 radical (unpaired) electrons. The van der Waals surface area contributed by atoms with Crippen LogP contribution in [0.2, 0.25) is 0 Å². The molecule has 6 heteroatoms. The normalized spacial score (nSPS) is 10.9. The van der Waals surface area contributed by atoms with Gasteiger partial charge in [-0.15, -0.1) is 10.2 Å². The van der Waals surface area contributed by atoms with Gasteiger partial charge in [-0.2, -0.15) is 5.10 Å². The van der Waals surface area contributed by atoms with Crippen LogP contribution in [-0.4, -0.2) is 21.4 Å². The molecule has 1 aromatic heterocycles. The van der Waals surface area contributed by atoms with Crippen molar-refractivity contribution >= 4 is 12.2 Å². The molecular weight excluding hydrogens is 353 g/mol. The summed E-state index contributed by atoms with van der Waals surface area (Å²) in [6.07, 6.45) is 1.50. The van der Waals surface area contributed by atoms with Crippen LogP contribution in [0.3, 0.4) is 0 Å². The lowest BCUT2D eigenvalue weighted by atomic mass is 10.0. The summed E-state index contributed by atoms with van der Waals surface area (Å²) in [6, 6.07) is 25.7. The van der Waals surface area contributed by atoms with E-state index in [2.05, 4.69) is 25.7 Å². The number of nitrogens with zero attached hydrogens (tertiary/aromatic N) is 4. The van der Waals surface area contributed by atoms with E-state index >= 15 is 0 Å². The van der Waals surface area contributed by atoms with Gasteiger partial charge in [0.25, 0.3) is 5.95 Å². The van der Waals surface area contributed by atoms with Crippen molar-refractivity contribution in [2.45, 2.75) is 0 Å². The standard InChI is InChI=1S/C22H16FN5/c23-19-13-7-8-16(14-19)15-24-27-22-25-20(17-9-3-1-4-10-17)21(26-28-22)18-11-5-2-6-12-18/h1-15H,(H,25,27,28). The van der Waals surface area contributed by atoms with Crippen molar-refractivity contribution in [3.8, 4) is 22.5 Å². The van der Waals surface area contributed by atoms with E-state index in [1.807, 2.05) is 60.7 Å². The molecule has 1 N–H and O–H groups in total. The molecule has 0 saturated carbocycles. The molecule has 28 heavy (non-hydrogen) atoms. The Labute approximate surface area is 161 Å². The number of hydrazone groups is 1. The summed E-state index contributed by atoms with van der Waals surface area (Å²) < 4.78 is 13.2. The summed E-state index contributed by atoms with van der Waals surface area (Å²) in [7, 11) is 0. The molecule has 0 aliphatic carbocycles. The summed E-state index contributed by atoms with van der Waals surface area (Å²) in [5.74, 6) is -0.0633. The van der Waals surface area contributed by atoms with Gasteiger partial charge in [-0.1, -0.05) is 72.8 Å². The number of aromatic nitrogens is 3. The second-order valence-electron chi connectivity index (χ2n) is 5.99. The van der Waals surface area contributed by atoms with Crippen LogP contribution in [0.25, 0.3) is 22.5 Å². The highest BCUT2D eigenvalue weighted by atomic mass is 19.1. The molecule has 0 aliphatic rings. The van der Waals surface area contributed by atoms with Crippen LogP contribution in [0.15, 0.2) is 90.0 Å². The van der Waals surface area contributed by atoms with Crippen LogP contribution in [0, 0.1) is 5.82 Å². The van der Waals surface area contributed by atoms with E-state index in [0.29, 0.717) is 17.0 Å². The molecule has 1 heterocycles. The van der Waals surface area contributed by atoms with E-state index in [4.69, 9.17) is 0 Å². The Morgan fingerprint density at radius 3 is 2.11 bits per heavy atom. The number of halogens is 1. The van der Waals surface area contributed by atoms with E-state index in [1.54, 1.807) is 12.1 Å². The van der Waals surface area contributed by atoms with Crippen molar-refractivity contribution in [3.05, 3.63) is 96.3 Å². The SMILES string of the molecule is Fc1cccc(C=NNc2nnc(-c3ccccc3)c(-c3ccccc3)n2)c1. The lowest BCUT2D eigenvalue weighted by molar-refractivity contribution is 0.627. The molecule has 0 spiro atoms. The summed E-state index contributed by atoms with van der Waals surface area (Å²) >= 11 is 0. The van der Waals surface area contributed by atoms with Gasteiger partial charge < -0.3 is 0 Å². The lowest BCUT2D eigenvalue weighted by Crippen LogP contribution is -2.03. The maximum Gasteiger partial charge on any atom is 0.263 e. The zero-order valence-corrected chi connectivity index (χ0v) is 14.8. The van der Waals surface area contributed by atoms with Gasteiger partial charge in [0.05, 0.1) is 6.21 Å². The summed E-state index contributed by atoms with van der Waals surface area (Å²) in [5.41, 5.74) is 6.63. The Morgan fingerprint density at radius 2 is 1.43 bits per heavy atom. The van der Waals surface area contributed by atoms with E-state index in [1.165, 1.54) is 18.3 Å². The van der Waals surface area contributed by atoms with E-state index < -0.39 is 0 Å². The summed E-state index contributed by atoms with van der Waals surface area (Å²) in [4.78, 5) is 4.60. The maximum atomic E-state index is 13.2. The zero-order chi connectivity index (χ0) is 19.2. The fourth-order valence-corrected chi connectivity index (χ4v) is 2.71. The summed E-state index contributed by atoms with van der Waals surface area (Å²) in [6.45, 7) is 0. The minimum atomic E-state index is -0.319. The van der Waals surface area contributed by atoms with Crippen LogP contribution < -0.4 is 5.43 Å². The molecule has 4 aromatic rings. The molecule has 0 unspecified atom stereocenters. The molecule has 4 rings (SSSR count). The highest BCUT2D eigenvalue weighted by Gasteiger charge is 2.13. The molecule has 3 aromatic carbocycles. The first-order chi connectivity index (χ1) is 13.8. The fourth-order valence-electron chi connectivity index (χ4n) is 2.71. The topological polar surface area (TPSA) is 63.1 Å². The average Bonchev–Trinajstić information content (AvgIpc) is 2.75. The van der Waals surface area contributed by atoms with Crippen molar-refractivity contribution in [2.75, 3.05) is 5.43 Å². The molecule has 136 valence electrons. The number of rotatable bonds is 5. The third kappa shape index (κ3) is 4.07. The highest BCUT2D eigenvalue weighted by molar-refractivity contribution is 5.80. The lowest BCUT2D eigenvalue weighted by Gasteiger charge is -2.09. The smallest absolute Gasteiger partial charge is 0.244 e. The Hall–Kier alpha value is -3.93. The first-order valence-electron chi connectivity index (χ1n) is 8.70. The van der Waals surface area contributed by atoms with Gasteiger partial charge in [0.15, 0.2) is 0 Å². The minimum absolute atomic E-state index is 0.256. The Kier molecular flexibility index (Phi) is 5.11. The largest absolute Gasteiger partial charge is 0.263 e. The summed E-state index contributed by atoms with van der Waals surface area (Å²) in [5, 5.41) is 12.6. The van der Waals surface area contributed by atoms with Crippen LogP contribution in [0.4, 0.5) is 10.3 Å². The number of anilines is 1. The molecule has 0 bridgehead atoms. The Balaban J connectivity index is 1.66. The minimum Gasteiger partial charge on any atom is -0.244 e. The van der Waals surface area contributed by atoms with E-state index in [9.17, 15) is 4.39 Å². The molecule has 0 saturated heterocycles. The number of benzene rings is 3. The second-order valence-corrected chi connectivity index (χ2v) is 5.99. The Morgan fingerprint density at radius 1 is 0.750 bits per heavy atom. The first-order valence-corrected chi connectivity index (χ1v) is 8.70. The maximum absolute atomic E-state index is 13.2. The van der Waals surface area contributed by atoms with Crippen molar-refractivity contribution < 1.29 is 4.39 Å². The molecule has 0 aliphatic heterocycles. The third-order valence-electron chi connectivity index (χ3n) is 4.01. The molecule has 0 amide bonds. The number of hydrogen-bond acceptors (Lipinski definition) is 5. The average molecular weight is 369 g/mol. The van der Waals surface area contributed by atoms with Crippen molar-refractivity contribution in [3.63, 3.8) is 0 Å². The molecule has 0 atom stereocenters. The van der Waals surface area contributed by atoms with Gasteiger partial charge in [-0.05, 0) is 17.7 Å². The van der Waals surface area contributed by atoms with Crippen LogP contribution in [0.1, 0.15) is 5.56 Å². The first kappa shape index (κ1) is 17.5. The van der Waals surface area contributed by atoms with Crippen LogP contribution in [-0.2, 0) is 0 Å². The van der Waals surface area contributed by atoms with Gasteiger partial charge in [-0.3, -0.25) is 0 Å².